The van der Waals surface area contributed by atoms with Crippen LogP contribution in [0.5, 0.6) is 0 Å². The number of hydrogen-bond acceptors (Lipinski definition) is 4. The summed E-state index contributed by atoms with van der Waals surface area (Å²) in [5.41, 5.74) is 6.51. The highest BCUT2D eigenvalue weighted by Gasteiger charge is 2.10. The zero-order valence-electron chi connectivity index (χ0n) is 9.22. The van der Waals surface area contributed by atoms with Crippen LogP contribution in [0.1, 0.15) is 16.1 Å². The van der Waals surface area contributed by atoms with E-state index in [9.17, 15) is 9.59 Å². The first kappa shape index (κ1) is 12.3. The minimum absolute atomic E-state index is 0.0309. The predicted octanol–water partition coefficient (Wildman–Crippen LogP) is 1.66. The highest BCUT2D eigenvalue weighted by molar-refractivity contribution is 6.31. The fourth-order valence-corrected chi connectivity index (χ4v) is 1.81. The van der Waals surface area contributed by atoms with Gasteiger partial charge in [0.15, 0.2) is 0 Å². The molecule has 1 aromatic heterocycles. The Balaban J connectivity index is 2.64. The van der Waals surface area contributed by atoms with E-state index in [1.165, 1.54) is 6.07 Å². The van der Waals surface area contributed by atoms with Crippen molar-refractivity contribution in [2.75, 3.05) is 0 Å². The van der Waals surface area contributed by atoms with Crippen molar-refractivity contribution in [3.05, 3.63) is 40.5 Å². The van der Waals surface area contributed by atoms with Crippen molar-refractivity contribution < 1.29 is 14.3 Å². The maximum Gasteiger partial charge on any atom is 0.293 e. The van der Waals surface area contributed by atoms with E-state index in [0.717, 1.165) is 0 Å². The van der Waals surface area contributed by atoms with Crippen LogP contribution in [0.25, 0.3) is 10.9 Å². The minimum atomic E-state index is -0.640. The first-order valence-electron chi connectivity index (χ1n) is 5.06. The largest absolute Gasteiger partial charge is 0.463 e. The van der Waals surface area contributed by atoms with Crippen molar-refractivity contribution in [3.8, 4) is 0 Å². The van der Waals surface area contributed by atoms with Crippen LogP contribution >= 0.6 is 11.6 Å². The number of ether oxygens (including phenoxy) is 1. The molecule has 0 aliphatic heterocycles. The van der Waals surface area contributed by atoms with E-state index in [1.54, 1.807) is 18.2 Å². The molecule has 5 nitrogen and oxygen atoms in total. The number of primary amides is 1. The van der Waals surface area contributed by atoms with E-state index in [1.807, 2.05) is 0 Å². The second-order valence-corrected chi connectivity index (χ2v) is 4.04. The van der Waals surface area contributed by atoms with E-state index in [-0.39, 0.29) is 12.3 Å². The molecule has 0 unspecified atom stereocenters. The molecule has 18 heavy (non-hydrogen) atoms. The summed E-state index contributed by atoms with van der Waals surface area (Å²) in [6.07, 6.45) is 0. The van der Waals surface area contributed by atoms with E-state index in [0.29, 0.717) is 28.0 Å². The number of nitrogens with two attached hydrogens (primary N) is 1. The van der Waals surface area contributed by atoms with Crippen molar-refractivity contribution in [2.45, 2.75) is 6.61 Å². The highest BCUT2D eigenvalue weighted by Crippen LogP contribution is 2.23. The third kappa shape index (κ3) is 2.41. The van der Waals surface area contributed by atoms with Crippen molar-refractivity contribution in [2.24, 2.45) is 5.73 Å². The zero-order chi connectivity index (χ0) is 13.1. The van der Waals surface area contributed by atoms with Gasteiger partial charge in [-0.05, 0) is 24.3 Å². The third-order valence-corrected chi connectivity index (χ3v) is 2.65. The second-order valence-electron chi connectivity index (χ2n) is 3.60. The molecule has 2 rings (SSSR count). The van der Waals surface area contributed by atoms with Gasteiger partial charge in [-0.1, -0.05) is 11.6 Å². The van der Waals surface area contributed by atoms with Crippen molar-refractivity contribution in [3.63, 3.8) is 0 Å². The van der Waals surface area contributed by atoms with Crippen LogP contribution in [0.2, 0.25) is 5.02 Å². The van der Waals surface area contributed by atoms with Crippen LogP contribution in [-0.2, 0) is 16.1 Å². The van der Waals surface area contributed by atoms with Crippen LogP contribution in [0.15, 0.2) is 24.3 Å². The molecule has 0 saturated heterocycles. The standard InChI is InChI=1S/C12H9ClN2O3/c13-8-1-2-10-9(4-8)7(5-18-6-16)3-11(15-10)12(14)17/h1-4,6H,5H2,(H2,14,17). The molecule has 92 valence electrons. The number of halogens is 1. The topological polar surface area (TPSA) is 82.3 Å². The second kappa shape index (κ2) is 5.01. The Morgan fingerprint density at radius 2 is 2.22 bits per heavy atom. The van der Waals surface area contributed by atoms with Gasteiger partial charge in [-0.2, -0.15) is 0 Å². The van der Waals surface area contributed by atoms with Crippen molar-refractivity contribution >= 4 is 34.9 Å². The third-order valence-electron chi connectivity index (χ3n) is 2.42. The van der Waals surface area contributed by atoms with Gasteiger partial charge in [0.25, 0.3) is 12.4 Å². The lowest BCUT2D eigenvalue weighted by molar-refractivity contribution is -0.129. The summed E-state index contributed by atoms with van der Waals surface area (Å²) in [5, 5.41) is 1.25. The van der Waals surface area contributed by atoms with Gasteiger partial charge in [0.05, 0.1) is 5.52 Å². The first-order chi connectivity index (χ1) is 8.61. The van der Waals surface area contributed by atoms with E-state index in [2.05, 4.69) is 4.98 Å². The molecule has 2 aromatic rings. The average molecular weight is 265 g/mol. The Morgan fingerprint density at radius 1 is 1.44 bits per heavy atom. The van der Waals surface area contributed by atoms with E-state index in [4.69, 9.17) is 22.1 Å². The Hall–Kier alpha value is -2.14. The summed E-state index contributed by atoms with van der Waals surface area (Å²) >= 11 is 5.90. The molecule has 0 saturated carbocycles. The van der Waals surface area contributed by atoms with Crippen molar-refractivity contribution in [1.29, 1.82) is 0 Å². The molecule has 0 bridgehead atoms. The molecule has 1 aromatic carbocycles. The summed E-state index contributed by atoms with van der Waals surface area (Å²) in [7, 11) is 0. The Kier molecular flexibility index (Phi) is 3.43. The molecule has 0 atom stereocenters. The summed E-state index contributed by atoms with van der Waals surface area (Å²) in [4.78, 5) is 25.5. The quantitative estimate of drug-likeness (QED) is 0.852. The maximum atomic E-state index is 11.2. The smallest absolute Gasteiger partial charge is 0.293 e. The Bertz CT molecular complexity index is 628. The average Bonchev–Trinajstić information content (AvgIpc) is 2.35. The molecular weight excluding hydrogens is 256 g/mol. The Labute approximate surface area is 108 Å². The fraction of sp³-hybridized carbons (Fsp3) is 0.0833. The van der Waals surface area contributed by atoms with Crippen LogP contribution in [0.3, 0.4) is 0 Å². The summed E-state index contributed by atoms with van der Waals surface area (Å²) in [6, 6.07) is 6.52. The van der Waals surface area contributed by atoms with Crippen molar-refractivity contribution in [1.82, 2.24) is 4.98 Å². The molecule has 2 N–H and O–H groups in total. The predicted molar refractivity (Wildman–Crippen MR) is 66.1 cm³/mol. The van der Waals surface area contributed by atoms with Gasteiger partial charge in [0.1, 0.15) is 12.3 Å². The number of rotatable bonds is 4. The van der Waals surface area contributed by atoms with Crippen LogP contribution < -0.4 is 5.73 Å². The first-order valence-corrected chi connectivity index (χ1v) is 5.44. The summed E-state index contributed by atoms with van der Waals surface area (Å²) in [5.74, 6) is -0.640. The SMILES string of the molecule is NC(=O)c1cc(COC=O)c2cc(Cl)ccc2n1. The fourth-order valence-electron chi connectivity index (χ4n) is 1.64. The number of nitrogens with zero attached hydrogens (tertiary/aromatic N) is 1. The van der Waals surface area contributed by atoms with Crippen LogP contribution in [-0.4, -0.2) is 17.4 Å². The van der Waals surface area contributed by atoms with Crippen LogP contribution in [0.4, 0.5) is 0 Å². The lowest BCUT2D eigenvalue weighted by atomic mass is 10.1. The normalized spacial score (nSPS) is 10.3. The molecule has 1 heterocycles. The van der Waals surface area contributed by atoms with Gasteiger partial charge in [-0.3, -0.25) is 9.59 Å². The number of pyridine rings is 1. The van der Waals surface area contributed by atoms with Gasteiger partial charge in [-0.15, -0.1) is 0 Å². The van der Waals surface area contributed by atoms with Gasteiger partial charge in [0, 0.05) is 16.0 Å². The molecule has 1 amide bonds. The number of amides is 1. The monoisotopic (exact) mass is 264 g/mol. The summed E-state index contributed by atoms with van der Waals surface area (Å²) < 4.78 is 4.70. The van der Waals surface area contributed by atoms with Gasteiger partial charge >= 0.3 is 0 Å². The molecule has 0 spiro atoms. The van der Waals surface area contributed by atoms with Gasteiger partial charge < -0.3 is 10.5 Å². The number of fused-ring (bicyclic) bond motifs is 1. The number of hydrogen-bond donors (Lipinski definition) is 1. The van der Waals surface area contributed by atoms with Crippen LogP contribution in [0, 0.1) is 0 Å². The molecular formula is C12H9ClN2O3. The molecule has 0 aliphatic carbocycles. The maximum absolute atomic E-state index is 11.2. The molecule has 0 aliphatic rings. The van der Waals surface area contributed by atoms with Gasteiger partial charge in [-0.25, -0.2) is 4.98 Å². The van der Waals surface area contributed by atoms with Gasteiger partial charge in [0.2, 0.25) is 0 Å². The number of carbonyl (C=O) groups excluding carboxylic acids is 2. The lowest BCUT2D eigenvalue weighted by Crippen LogP contribution is -2.14. The Morgan fingerprint density at radius 3 is 2.89 bits per heavy atom. The molecule has 6 heteroatoms. The number of aromatic nitrogens is 1. The molecule has 0 fully saturated rings. The zero-order valence-corrected chi connectivity index (χ0v) is 9.98. The highest BCUT2D eigenvalue weighted by atomic mass is 35.5. The molecule has 0 radical (unpaired) electrons. The lowest BCUT2D eigenvalue weighted by Gasteiger charge is -2.07. The van der Waals surface area contributed by atoms with E-state index >= 15 is 0 Å². The number of carbonyl (C=O) groups is 2. The minimum Gasteiger partial charge on any atom is -0.463 e. The summed E-state index contributed by atoms with van der Waals surface area (Å²) in [6.45, 7) is 0.365. The number of benzene rings is 1. The van der Waals surface area contributed by atoms with E-state index < -0.39 is 5.91 Å².